The molecule has 0 saturated carbocycles. The molecule has 2 aliphatic rings. The van der Waals surface area contributed by atoms with Crippen LogP contribution in [0.15, 0.2) is 36.7 Å². The van der Waals surface area contributed by atoms with E-state index in [0.717, 1.165) is 30.0 Å². The molecule has 7 nitrogen and oxygen atoms in total. The predicted molar refractivity (Wildman–Crippen MR) is 104 cm³/mol. The Morgan fingerprint density at radius 3 is 3.18 bits per heavy atom. The third-order valence-corrected chi connectivity index (χ3v) is 5.18. The molecule has 4 rings (SSSR count). The van der Waals surface area contributed by atoms with Gasteiger partial charge in [0.1, 0.15) is 12.4 Å². The van der Waals surface area contributed by atoms with E-state index in [1.54, 1.807) is 13.3 Å². The second-order valence-electron chi connectivity index (χ2n) is 6.97. The molecule has 0 radical (unpaired) electrons. The van der Waals surface area contributed by atoms with Gasteiger partial charge >= 0.3 is 0 Å². The molecule has 7 heteroatoms. The Morgan fingerprint density at radius 2 is 2.29 bits per heavy atom. The van der Waals surface area contributed by atoms with E-state index in [9.17, 15) is 4.79 Å². The van der Waals surface area contributed by atoms with Crippen molar-refractivity contribution in [2.45, 2.75) is 19.0 Å². The Labute approximate surface area is 164 Å². The van der Waals surface area contributed by atoms with E-state index in [2.05, 4.69) is 22.4 Å². The van der Waals surface area contributed by atoms with Gasteiger partial charge in [0.05, 0.1) is 25.9 Å². The molecule has 0 spiro atoms. The van der Waals surface area contributed by atoms with Gasteiger partial charge in [-0.05, 0) is 23.3 Å². The Morgan fingerprint density at radius 1 is 1.36 bits per heavy atom. The van der Waals surface area contributed by atoms with Crippen molar-refractivity contribution in [1.29, 1.82) is 0 Å². The molecule has 148 valence electrons. The van der Waals surface area contributed by atoms with Crippen LogP contribution in [0.5, 0.6) is 5.75 Å². The Balaban J connectivity index is 1.52. The fraction of sp³-hybridized carbons (Fsp3) is 0.429. The van der Waals surface area contributed by atoms with Gasteiger partial charge in [0.25, 0.3) is 0 Å². The average Bonchev–Trinajstić information content (AvgIpc) is 3.19. The van der Waals surface area contributed by atoms with Crippen molar-refractivity contribution >= 4 is 11.6 Å². The number of amides is 1. The smallest absolute Gasteiger partial charge is 0.249 e. The lowest BCUT2D eigenvalue weighted by Crippen LogP contribution is -2.45. The fourth-order valence-corrected chi connectivity index (χ4v) is 3.71. The van der Waals surface area contributed by atoms with Gasteiger partial charge in [-0.1, -0.05) is 12.1 Å². The number of aromatic nitrogens is 1. The van der Waals surface area contributed by atoms with E-state index in [-0.39, 0.29) is 18.6 Å². The number of ether oxygens (including phenoxy) is 3. The van der Waals surface area contributed by atoms with E-state index in [0.29, 0.717) is 26.3 Å². The molecule has 1 unspecified atom stereocenters. The number of methoxy groups -OCH3 is 1. The molecule has 1 N–H and O–H groups in total. The van der Waals surface area contributed by atoms with Gasteiger partial charge in [0.2, 0.25) is 5.91 Å². The molecular weight excluding hydrogens is 358 g/mol. The Kier molecular flexibility index (Phi) is 5.73. The zero-order valence-electron chi connectivity index (χ0n) is 16.0. The number of hydrogen-bond donors (Lipinski definition) is 1. The number of nitrogens with zero attached hydrogens (tertiary/aromatic N) is 2. The van der Waals surface area contributed by atoms with Crippen LogP contribution in [0.3, 0.4) is 0 Å². The molecule has 28 heavy (non-hydrogen) atoms. The van der Waals surface area contributed by atoms with Crippen LogP contribution in [0.25, 0.3) is 0 Å². The summed E-state index contributed by atoms with van der Waals surface area (Å²) in [7, 11) is 1.64. The molecule has 1 atom stereocenters. The van der Waals surface area contributed by atoms with Crippen molar-refractivity contribution < 1.29 is 19.0 Å². The molecule has 1 aromatic heterocycles. The van der Waals surface area contributed by atoms with Crippen LogP contribution in [-0.2, 0) is 27.2 Å². The van der Waals surface area contributed by atoms with E-state index >= 15 is 0 Å². The summed E-state index contributed by atoms with van der Waals surface area (Å²) in [6, 6.07) is 8.07. The standard InChI is InChI=1S/C21H25N3O4/c1-26-9-7-24-19(13-27-14-21(24)25)17-12-22-6-4-18(17)23-11-15-2-3-20-16(10-15)5-8-28-20/h2-4,6,10,12,19H,5,7-9,11,13-14H2,1H3,(H,22,23). The summed E-state index contributed by atoms with van der Waals surface area (Å²) in [5.74, 6) is 0.960. The maximum Gasteiger partial charge on any atom is 0.249 e. The van der Waals surface area contributed by atoms with Crippen molar-refractivity contribution in [3.8, 4) is 5.75 Å². The summed E-state index contributed by atoms with van der Waals surface area (Å²) < 4.78 is 16.3. The van der Waals surface area contributed by atoms with Crippen molar-refractivity contribution in [2.75, 3.05) is 45.4 Å². The van der Waals surface area contributed by atoms with Crippen LogP contribution in [0.4, 0.5) is 5.69 Å². The second-order valence-corrected chi connectivity index (χ2v) is 6.97. The number of nitrogens with one attached hydrogen (secondary N) is 1. The molecule has 1 saturated heterocycles. The molecule has 1 amide bonds. The van der Waals surface area contributed by atoms with Crippen LogP contribution in [0.1, 0.15) is 22.7 Å². The SMILES string of the molecule is COCCN1C(=O)COCC1c1cnccc1NCc1ccc2c(c1)CCO2. The van der Waals surface area contributed by atoms with Crippen LogP contribution < -0.4 is 10.1 Å². The summed E-state index contributed by atoms with van der Waals surface area (Å²) in [4.78, 5) is 18.5. The van der Waals surface area contributed by atoms with Crippen molar-refractivity contribution in [3.05, 3.63) is 53.3 Å². The van der Waals surface area contributed by atoms with Gasteiger partial charge < -0.3 is 24.4 Å². The highest BCUT2D eigenvalue weighted by Crippen LogP contribution is 2.31. The van der Waals surface area contributed by atoms with Crippen LogP contribution in [0, 0.1) is 0 Å². The zero-order valence-corrected chi connectivity index (χ0v) is 16.0. The zero-order chi connectivity index (χ0) is 19.3. The first kappa shape index (κ1) is 18.7. The maximum absolute atomic E-state index is 12.4. The van der Waals surface area contributed by atoms with Gasteiger partial charge in [0.15, 0.2) is 0 Å². The van der Waals surface area contributed by atoms with E-state index in [4.69, 9.17) is 14.2 Å². The average molecular weight is 383 g/mol. The molecular formula is C21H25N3O4. The lowest BCUT2D eigenvalue weighted by Gasteiger charge is -2.36. The first-order chi connectivity index (χ1) is 13.8. The first-order valence-electron chi connectivity index (χ1n) is 9.55. The lowest BCUT2D eigenvalue weighted by molar-refractivity contribution is -0.149. The number of benzene rings is 1. The topological polar surface area (TPSA) is 72.9 Å². The van der Waals surface area contributed by atoms with Gasteiger partial charge in [0, 0.05) is 50.3 Å². The minimum absolute atomic E-state index is 0.0262. The van der Waals surface area contributed by atoms with E-state index in [1.807, 2.05) is 23.2 Å². The summed E-state index contributed by atoms with van der Waals surface area (Å²) >= 11 is 0. The number of hydrogen-bond acceptors (Lipinski definition) is 6. The Hall–Kier alpha value is -2.64. The highest BCUT2D eigenvalue weighted by molar-refractivity contribution is 5.79. The second kappa shape index (κ2) is 8.58. The van der Waals surface area contributed by atoms with E-state index < -0.39 is 0 Å². The number of fused-ring (bicyclic) bond motifs is 1. The van der Waals surface area contributed by atoms with Crippen molar-refractivity contribution in [2.24, 2.45) is 0 Å². The molecule has 2 aromatic rings. The predicted octanol–water partition coefficient (Wildman–Crippen LogP) is 2.17. The quantitative estimate of drug-likeness (QED) is 0.790. The molecule has 1 fully saturated rings. The summed E-state index contributed by atoms with van der Waals surface area (Å²) in [6.45, 7) is 3.02. The summed E-state index contributed by atoms with van der Waals surface area (Å²) in [5, 5.41) is 3.50. The minimum Gasteiger partial charge on any atom is -0.493 e. The normalized spacial score (nSPS) is 18.7. The summed E-state index contributed by atoms with van der Waals surface area (Å²) in [5.41, 5.74) is 4.36. The van der Waals surface area contributed by atoms with Crippen LogP contribution >= 0.6 is 0 Å². The van der Waals surface area contributed by atoms with Gasteiger partial charge in [-0.15, -0.1) is 0 Å². The van der Waals surface area contributed by atoms with Crippen LogP contribution in [0.2, 0.25) is 0 Å². The molecule has 0 aliphatic carbocycles. The number of morpholine rings is 1. The van der Waals surface area contributed by atoms with Crippen molar-refractivity contribution in [3.63, 3.8) is 0 Å². The molecule has 0 bridgehead atoms. The number of carbonyl (C=O) groups excluding carboxylic acids is 1. The fourth-order valence-electron chi connectivity index (χ4n) is 3.71. The third-order valence-electron chi connectivity index (χ3n) is 5.18. The molecule has 2 aliphatic heterocycles. The van der Waals surface area contributed by atoms with Gasteiger partial charge in [-0.2, -0.15) is 0 Å². The third kappa shape index (κ3) is 3.95. The maximum atomic E-state index is 12.4. The number of rotatable bonds is 7. The lowest BCUT2D eigenvalue weighted by atomic mass is 10.0. The van der Waals surface area contributed by atoms with Gasteiger partial charge in [-0.3, -0.25) is 9.78 Å². The largest absolute Gasteiger partial charge is 0.493 e. The monoisotopic (exact) mass is 383 g/mol. The number of anilines is 1. The Bertz CT molecular complexity index is 842. The van der Waals surface area contributed by atoms with Crippen molar-refractivity contribution in [1.82, 2.24) is 9.88 Å². The highest BCUT2D eigenvalue weighted by Gasteiger charge is 2.31. The number of carbonyl (C=O) groups is 1. The van der Waals surface area contributed by atoms with Crippen LogP contribution in [-0.4, -0.2) is 55.9 Å². The first-order valence-corrected chi connectivity index (χ1v) is 9.55. The minimum atomic E-state index is -0.180. The van der Waals surface area contributed by atoms with Gasteiger partial charge in [-0.25, -0.2) is 0 Å². The van der Waals surface area contributed by atoms with E-state index in [1.165, 1.54) is 11.1 Å². The number of pyridine rings is 1. The highest BCUT2D eigenvalue weighted by atomic mass is 16.5. The molecule has 1 aromatic carbocycles. The molecule has 3 heterocycles. The summed E-state index contributed by atoms with van der Waals surface area (Å²) in [6.07, 6.45) is 4.53.